The number of carbonyl (C=O) groups is 3. The molecule has 5 heteroatoms. The molecule has 0 unspecified atom stereocenters. The van der Waals surface area contributed by atoms with Crippen LogP contribution in [0.5, 0.6) is 0 Å². The molecule has 0 saturated heterocycles. The van der Waals surface area contributed by atoms with Crippen molar-refractivity contribution in [3.63, 3.8) is 0 Å². The molecule has 0 aromatic rings. The first-order chi connectivity index (χ1) is 5.02. The maximum Gasteiger partial charge on any atom is 0.338 e. The number of aliphatic carboxylic acids is 1. The lowest BCUT2D eigenvalue weighted by Gasteiger charge is -1.90. The van der Waals surface area contributed by atoms with Crippen molar-refractivity contribution in [1.29, 1.82) is 0 Å². The molecule has 0 rings (SSSR count). The molecule has 0 fully saturated rings. The van der Waals surface area contributed by atoms with Gasteiger partial charge in [0, 0.05) is 19.1 Å². The highest BCUT2D eigenvalue weighted by molar-refractivity contribution is 5.95. The summed E-state index contributed by atoms with van der Waals surface area (Å²) in [4.78, 5) is 30.2. The molecule has 0 radical (unpaired) electrons. The standard InChI is InChI=1S/C6H6O5/c1-4(7)11-6(10)3-2-5(8)9/h2-3H,1H3,(H,8,9)/b3-2+. The van der Waals surface area contributed by atoms with Gasteiger partial charge in [0.05, 0.1) is 0 Å². The van der Waals surface area contributed by atoms with E-state index in [9.17, 15) is 14.4 Å². The lowest BCUT2D eigenvalue weighted by atomic mass is 10.5. The Labute approximate surface area is 62.3 Å². The lowest BCUT2D eigenvalue weighted by molar-refractivity contribution is -0.154. The third-order valence-corrected chi connectivity index (χ3v) is 0.606. The number of carboxylic acids is 1. The Morgan fingerprint density at radius 3 is 2.18 bits per heavy atom. The van der Waals surface area contributed by atoms with Gasteiger partial charge in [0.1, 0.15) is 0 Å². The molecule has 0 aromatic carbocycles. The predicted molar refractivity (Wildman–Crippen MR) is 33.5 cm³/mol. The van der Waals surface area contributed by atoms with Crippen molar-refractivity contribution in [3.05, 3.63) is 12.2 Å². The summed E-state index contributed by atoms with van der Waals surface area (Å²) in [6.07, 6.45) is 1.25. The van der Waals surface area contributed by atoms with Crippen LogP contribution in [-0.2, 0) is 19.1 Å². The smallest absolute Gasteiger partial charge is 0.338 e. The first-order valence-electron chi connectivity index (χ1n) is 2.65. The van der Waals surface area contributed by atoms with Gasteiger partial charge in [0.2, 0.25) is 0 Å². The van der Waals surface area contributed by atoms with Gasteiger partial charge in [-0.15, -0.1) is 0 Å². The Hall–Kier alpha value is -1.65. The number of esters is 2. The van der Waals surface area contributed by atoms with E-state index in [-0.39, 0.29) is 0 Å². The maximum absolute atomic E-state index is 10.4. The molecular weight excluding hydrogens is 152 g/mol. The van der Waals surface area contributed by atoms with Crippen molar-refractivity contribution < 1.29 is 24.2 Å². The molecule has 0 aliphatic carbocycles. The van der Waals surface area contributed by atoms with Gasteiger partial charge < -0.3 is 9.84 Å². The van der Waals surface area contributed by atoms with Gasteiger partial charge in [-0.05, 0) is 0 Å². The fraction of sp³-hybridized carbons (Fsp3) is 0.167. The minimum Gasteiger partial charge on any atom is -0.478 e. The summed E-state index contributed by atoms with van der Waals surface area (Å²) < 4.78 is 3.97. The van der Waals surface area contributed by atoms with Crippen molar-refractivity contribution in [2.24, 2.45) is 0 Å². The molecule has 0 aliphatic heterocycles. The van der Waals surface area contributed by atoms with Crippen molar-refractivity contribution in [2.75, 3.05) is 0 Å². The molecule has 1 N–H and O–H groups in total. The van der Waals surface area contributed by atoms with E-state index in [0.29, 0.717) is 12.2 Å². The highest BCUT2D eigenvalue weighted by Gasteiger charge is 2.00. The molecule has 11 heavy (non-hydrogen) atoms. The average molecular weight is 158 g/mol. The third kappa shape index (κ3) is 6.23. The molecular formula is C6H6O5. The maximum atomic E-state index is 10.4. The summed E-state index contributed by atoms with van der Waals surface area (Å²) in [5.74, 6) is -3.03. The third-order valence-electron chi connectivity index (χ3n) is 0.606. The highest BCUT2D eigenvalue weighted by Crippen LogP contribution is 1.82. The first-order valence-corrected chi connectivity index (χ1v) is 2.65. The summed E-state index contributed by atoms with van der Waals surface area (Å²) in [5, 5.41) is 8.02. The second-order valence-electron chi connectivity index (χ2n) is 1.58. The highest BCUT2D eigenvalue weighted by atomic mass is 16.6. The van der Waals surface area contributed by atoms with Crippen LogP contribution >= 0.6 is 0 Å². The van der Waals surface area contributed by atoms with Crippen LogP contribution in [0.1, 0.15) is 6.92 Å². The zero-order valence-electron chi connectivity index (χ0n) is 5.73. The van der Waals surface area contributed by atoms with E-state index >= 15 is 0 Å². The second-order valence-corrected chi connectivity index (χ2v) is 1.58. The molecule has 0 bridgehead atoms. The van der Waals surface area contributed by atoms with E-state index in [1.165, 1.54) is 0 Å². The molecule has 5 nitrogen and oxygen atoms in total. The number of carboxylic acid groups (broad SMARTS) is 1. The topological polar surface area (TPSA) is 80.7 Å². The van der Waals surface area contributed by atoms with E-state index in [2.05, 4.69) is 4.74 Å². The van der Waals surface area contributed by atoms with E-state index in [1.807, 2.05) is 0 Å². The molecule has 0 amide bonds. The fourth-order valence-corrected chi connectivity index (χ4v) is 0.315. The summed E-state index contributed by atoms with van der Waals surface area (Å²) in [6, 6.07) is 0. The number of hydrogen-bond donors (Lipinski definition) is 1. The van der Waals surface area contributed by atoms with Gasteiger partial charge >= 0.3 is 17.9 Å². The van der Waals surface area contributed by atoms with Crippen LogP contribution < -0.4 is 0 Å². The van der Waals surface area contributed by atoms with Crippen LogP contribution in [-0.4, -0.2) is 23.0 Å². The zero-order valence-corrected chi connectivity index (χ0v) is 5.73. The molecule has 0 saturated carbocycles. The zero-order chi connectivity index (χ0) is 8.85. The van der Waals surface area contributed by atoms with Gasteiger partial charge in [-0.25, -0.2) is 9.59 Å². The largest absolute Gasteiger partial charge is 0.478 e. The van der Waals surface area contributed by atoms with E-state index in [1.54, 1.807) is 0 Å². The molecule has 60 valence electrons. The number of carbonyl (C=O) groups excluding carboxylic acids is 2. The Kier molecular flexibility index (Phi) is 3.58. The SMILES string of the molecule is CC(=O)OC(=O)/C=C/C(=O)O. The molecule has 0 heterocycles. The Morgan fingerprint density at radius 2 is 1.82 bits per heavy atom. The Morgan fingerprint density at radius 1 is 1.27 bits per heavy atom. The first kappa shape index (κ1) is 9.35. The monoisotopic (exact) mass is 158 g/mol. The van der Waals surface area contributed by atoms with E-state index in [4.69, 9.17) is 5.11 Å². The minimum atomic E-state index is -1.27. The number of ether oxygens (including phenoxy) is 1. The van der Waals surface area contributed by atoms with Gasteiger partial charge in [-0.3, -0.25) is 4.79 Å². The summed E-state index contributed by atoms with van der Waals surface area (Å²) in [5.41, 5.74) is 0. The predicted octanol–water partition coefficient (Wildman–Crippen LogP) is -0.283. The molecule has 0 atom stereocenters. The lowest BCUT2D eigenvalue weighted by Crippen LogP contribution is -2.06. The van der Waals surface area contributed by atoms with Crippen molar-refractivity contribution in [1.82, 2.24) is 0 Å². The molecule has 0 spiro atoms. The summed E-state index contributed by atoms with van der Waals surface area (Å²) >= 11 is 0. The van der Waals surface area contributed by atoms with Crippen LogP contribution in [0.25, 0.3) is 0 Å². The van der Waals surface area contributed by atoms with Crippen molar-refractivity contribution >= 4 is 17.9 Å². The van der Waals surface area contributed by atoms with Gasteiger partial charge in [-0.1, -0.05) is 0 Å². The molecule has 0 aromatic heterocycles. The Bertz CT molecular complexity index is 215. The normalized spacial score (nSPS) is 9.55. The average Bonchev–Trinajstić information content (AvgIpc) is 1.82. The Balaban J connectivity index is 3.88. The van der Waals surface area contributed by atoms with E-state index < -0.39 is 17.9 Å². The van der Waals surface area contributed by atoms with Crippen LogP contribution in [0.4, 0.5) is 0 Å². The number of hydrogen-bond acceptors (Lipinski definition) is 4. The van der Waals surface area contributed by atoms with Crippen LogP contribution in [0.2, 0.25) is 0 Å². The van der Waals surface area contributed by atoms with Gasteiger partial charge in [0.25, 0.3) is 0 Å². The second kappa shape index (κ2) is 4.21. The number of rotatable bonds is 2. The minimum absolute atomic E-state index is 0.589. The van der Waals surface area contributed by atoms with Crippen LogP contribution in [0.3, 0.4) is 0 Å². The van der Waals surface area contributed by atoms with Gasteiger partial charge in [0.15, 0.2) is 0 Å². The summed E-state index contributed by atoms with van der Waals surface area (Å²) in [6.45, 7) is 1.05. The van der Waals surface area contributed by atoms with Crippen molar-refractivity contribution in [2.45, 2.75) is 6.92 Å². The van der Waals surface area contributed by atoms with Gasteiger partial charge in [-0.2, -0.15) is 0 Å². The fourth-order valence-electron chi connectivity index (χ4n) is 0.315. The van der Waals surface area contributed by atoms with Crippen molar-refractivity contribution in [3.8, 4) is 0 Å². The molecule has 0 aliphatic rings. The summed E-state index contributed by atoms with van der Waals surface area (Å²) in [7, 11) is 0. The van der Waals surface area contributed by atoms with E-state index in [0.717, 1.165) is 6.92 Å². The quantitative estimate of drug-likeness (QED) is 0.339. The van der Waals surface area contributed by atoms with Crippen LogP contribution in [0, 0.1) is 0 Å². The van der Waals surface area contributed by atoms with Crippen LogP contribution in [0.15, 0.2) is 12.2 Å².